The maximum atomic E-state index is 13.1. The van der Waals surface area contributed by atoms with Crippen LogP contribution >= 0.6 is 0 Å². The van der Waals surface area contributed by atoms with Crippen molar-refractivity contribution >= 4 is 40.7 Å². The number of benzene rings is 2. The topological polar surface area (TPSA) is 135 Å². The van der Waals surface area contributed by atoms with Crippen molar-refractivity contribution in [3.05, 3.63) is 84.1 Å². The normalized spacial score (nSPS) is 13.6. The highest BCUT2D eigenvalue weighted by Crippen LogP contribution is 2.24. The summed E-state index contributed by atoms with van der Waals surface area (Å²) in [7, 11) is 0. The van der Waals surface area contributed by atoms with Crippen molar-refractivity contribution < 1.29 is 14.3 Å². The summed E-state index contributed by atoms with van der Waals surface area (Å²) in [5.74, 6) is 0.645. The third-order valence-corrected chi connectivity index (χ3v) is 6.82. The molecule has 1 aliphatic rings. The quantitative estimate of drug-likeness (QED) is 0.205. The number of carbonyl (C=O) groups is 2. The van der Waals surface area contributed by atoms with Crippen molar-refractivity contribution in [3.8, 4) is 0 Å². The monoisotopic (exact) mass is 554 g/mol. The van der Waals surface area contributed by atoms with Gasteiger partial charge in [0.15, 0.2) is 5.65 Å². The predicted molar refractivity (Wildman–Crippen MR) is 159 cm³/mol. The standard InChI is InChI=1S/C30H34N8O3/c1-4-26(39)35-25-11-6-5-10-23(25)28(40)33-22-9-7-8-20(16-22)17-31-30-37-29(34-21-12-14-41-15-13-21)36-27-24(19(2)3)18-32-38(27)30/h4-11,16,18-19,21H,1,12-15,17H2,2-3H3,(H,33,40)(H,35,39)(H2,31,34,36,37). The third kappa shape index (κ3) is 6.69. The number of nitrogens with zero attached hydrogens (tertiary/aromatic N) is 4. The zero-order valence-electron chi connectivity index (χ0n) is 23.2. The summed E-state index contributed by atoms with van der Waals surface area (Å²) in [6.07, 6.45) is 4.80. The zero-order chi connectivity index (χ0) is 28.8. The molecule has 0 saturated carbocycles. The van der Waals surface area contributed by atoms with Crippen molar-refractivity contribution in [2.24, 2.45) is 0 Å². The van der Waals surface area contributed by atoms with Crippen molar-refractivity contribution in [2.75, 3.05) is 34.5 Å². The fraction of sp³-hybridized carbons (Fsp3) is 0.300. The first kappa shape index (κ1) is 27.8. The molecular weight excluding hydrogens is 520 g/mol. The van der Waals surface area contributed by atoms with Crippen LogP contribution < -0.4 is 21.3 Å². The van der Waals surface area contributed by atoms with Gasteiger partial charge in [-0.1, -0.05) is 44.7 Å². The number of hydrogen-bond donors (Lipinski definition) is 4. The van der Waals surface area contributed by atoms with E-state index in [1.807, 2.05) is 30.5 Å². The van der Waals surface area contributed by atoms with Crippen LogP contribution in [0.1, 0.15) is 54.1 Å². The molecule has 0 aliphatic carbocycles. The van der Waals surface area contributed by atoms with Gasteiger partial charge in [-0.05, 0) is 54.7 Å². The van der Waals surface area contributed by atoms with Gasteiger partial charge in [-0.3, -0.25) is 9.59 Å². The molecule has 4 N–H and O–H groups in total. The van der Waals surface area contributed by atoms with Crippen LogP contribution in [0.3, 0.4) is 0 Å². The molecule has 1 aliphatic heterocycles. The average molecular weight is 555 g/mol. The Hall–Kier alpha value is -4.77. The lowest BCUT2D eigenvalue weighted by Crippen LogP contribution is -2.29. The van der Waals surface area contributed by atoms with E-state index in [0.717, 1.165) is 48.9 Å². The summed E-state index contributed by atoms with van der Waals surface area (Å²) < 4.78 is 7.21. The molecule has 5 rings (SSSR count). The third-order valence-electron chi connectivity index (χ3n) is 6.82. The van der Waals surface area contributed by atoms with Gasteiger partial charge in [0.2, 0.25) is 17.8 Å². The lowest BCUT2D eigenvalue weighted by Gasteiger charge is -2.23. The second-order valence-electron chi connectivity index (χ2n) is 10.1. The Bertz CT molecular complexity index is 1560. The SMILES string of the molecule is C=CC(=O)Nc1ccccc1C(=O)Nc1cccc(CNc2nc(NC3CCOCC3)nc3c(C(C)C)cnn23)c1. The number of ether oxygens (including phenoxy) is 1. The van der Waals surface area contributed by atoms with E-state index in [1.165, 1.54) is 0 Å². The summed E-state index contributed by atoms with van der Waals surface area (Å²) in [6, 6.07) is 14.6. The number of rotatable bonds is 10. The van der Waals surface area contributed by atoms with Gasteiger partial charge < -0.3 is 26.0 Å². The molecule has 0 unspecified atom stereocenters. The molecule has 3 heterocycles. The van der Waals surface area contributed by atoms with E-state index in [4.69, 9.17) is 14.7 Å². The maximum Gasteiger partial charge on any atom is 0.257 e. The van der Waals surface area contributed by atoms with Gasteiger partial charge in [0.05, 0.1) is 17.4 Å². The minimum absolute atomic E-state index is 0.250. The van der Waals surface area contributed by atoms with Crippen LogP contribution in [-0.2, 0) is 16.1 Å². The van der Waals surface area contributed by atoms with Gasteiger partial charge in [0, 0.05) is 37.1 Å². The molecule has 0 spiro atoms. The van der Waals surface area contributed by atoms with Gasteiger partial charge in [0.1, 0.15) is 0 Å². The molecule has 11 nitrogen and oxygen atoms in total. The molecular formula is C30H34N8O3. The first-order valence-electron chi connectivity index (χ1n) is 13.7. The van der Waals surface area contributed by atoms with Crippen LogP contribution in [0.2, 0.25) is 0 Å². The van der Waals surface area contributed by atoms with E-state index in [-0.39, 0.29) is 23.8 Å². The van der Waals surface area contributed by atoms with Crippen LogP contribution in [0.5, 0.6) is 0 Å². The lowest BCUT2D eigenvalue weighted by molar-refractivity contribution is -0.111. The molecule has 0 bridgehead atoms. The highest BCUT2D eigenvalue weighted by Gasteiger charge is 2.19. The van der Waals surface area contributed by atoms with Crippen molar-refractivity contribution in [1.82, 2.24) is 19.6 Å². The Labute approximate surface area is 238 Å². The van der Waals surface area contributed by atoms with Gasteiger partial charge in [-0.15, -0.1) is 0 Å². The molecule has 2 aromatic heterocycles. The van der Waals surface area contributed by atoms with Gasteiger partial charge in [-0.2, -0.15) is 19.6 Å². The molecule has 1 fully saturated rings. The highest BCUT2D eigenvalue weighted by atomic mass is 16.5. The Morgan fingerprint density at radius 2 is 1.90 bits per heavy atom. The van der Waals surface area contributed by atoms with Crippen LogP contribution in [0, 0.1) is 0 Å². The summed E-state index contributed by atoms with van der Waals surface area (Å²) in [6.45, 7) is 9.57. The first-order chi connectivity index (χ1) is 19.9. The minimum Gasteiger partial charge on any atom is -0.381 e. The number of nitrogens with one attached hydrogen (secondary N) is 4. The molecule has 11 heteroatoms. The number of para-hydroxylation sites is 1. The van der Waals surface area contributed by atoms with Crippen LogP contribution in [0.4, 0.5) is 23.3 Å². The van der Waals surface area contributed by atoms with Gasteiger partial charge >= 0.3 is 0 Å². The number of fused-ring (bicyclic) bond motifs is 1. The Balaban J connectivity index is 1.33. The number of hydrogen-bond acceptors (Lipinski definition) is 8. The molecule has 41 heavy (non-hydrogen) atoms. The van der Waals surface area contributed by atoms with E-state index >= 15 is 0 Å². The molecule has 212 valence electrons. The first-order valence-corrected chi connectivity index (χ1v) is 13.7. The molecule has 0 atom stereocenters. The van der Waals surface area contributed by atoms with Crippen LogP contribution in [-0.4, -0.2) is 50.7 Å². The van der Waals surface area contributed by atoms with E-state index < -0.39 is 0 Å². The number of amides is 2. The summed E-state index contributed by atoms with van der Waals surface area (Å²) in [5.41, 5.74) is 4.10. The molecule has 2 aromatic carbocycles. The average Bonchev–Trinajstić information content (AvgIpc) is 3.41. The van der Waals surface area contributed by atoms with Crippen LogP contribution in [0.15, 0.2) is 67.4 Å². The Morgan fingerprint density at radius 3 is 2.68 bits per heavy atom. The summed E-state index contributed by atoms with van der Waals surface area (Å²) in [5, 5.41) is 17.0. The highest BCUT2D eigenvalue weighted by molar-refractivity contribution is 6.11. The lowest BCUT2D eigenvalue weighted by atomic mass is 10.1. The van der Waals surface area contributed by atoms with Crippen molar-refractivity contribution in [2.45, 2.75) is 45.2 Å². The smallest absolute Gasteiger partial charge is 0.257 e. The Morgan fingerprint density at radius 1 is 1.10 bits per heavy atom. The van der Waals surface area contributed by atoms with Gasteiger partial charge in [0.25, 0.3) is 5.91 Å². The van der Waals surface area contributed by atoms with E-state index in [0.29, 0.717) is 35.4 Å². The van der Waals surface area contributed by atoms with Crippen molar-refractivity contribution in [1.29, 1.82) is 0 Å². The van der Waals surface area contributed by atoms with E-state index in [2.05, 4.69) is 46.8 Å². The van der Waals surface area contributed by atoms with Crippen LogP contribution in [0.25, 0.3) is 5.65 Å². The molecule has 4 aromatic rings. The largest absolute Gasteiger partial charge is 0.381 e. The number of carbonyl (C=O) groups excluding carboxylic acids is 2. The fourth-order valence-electron chi connectivity index (χ4n) is 4.62. The second kappa shape index (κ2) is 12.6. The van der Waals surface area contributed by atoms with Gasteiger partial charge in [-0.25, -0.2) is 0 Å². The predicted octanol–water partition coefficient (Wildman–Crippen LogP) is 4.83. The number of anilines is 4. The second-order valence-corrected chi connectivity index (χ2v) is 10.1. The van der Waals surface area contributed by atoms with E-state index in [1.54, 1.807) is 28.8 Å². The minimum atomic E-state index is -0.388. The molecule has 2 amide bonds. The maximum absolute atomic E-state index is 13.1. The zero-order valence-corrected chi connectivity index (χ0v) is 23.2. The number of aromatic nitrogens is 4. The summed E-state index contributed by atoms with van der Waals surface area (Å²) >= 11 is 0. The summed E-state index contributed by atoms with van der Waals surface area (Å²) in [4.78, 5) is 34.4. The van der Waals surface area contributed by atoms with E-state index in [9.17, 15) is 9.59 Å². The Kier molecular flexibility index (Phi) is 8.54. The molecule has 0 radical (unpaired) electrons. The molecule has 1 saturated heterocycles. The fourth-order valence-corrected chi connectivity index (χ4v) is 4.62. The van der Waals surface area contributed by atoms with Crippen molar-refractivity contribution in [3.63, 3.8) is 0 Å².